The normalized spacial score (nSPS) is 10.9. The second-order valence-corrected chi connectivity index (χ2v) is 5.23. The zero-order valence-corrected chi connectivity index (χ0v) is 13.2. The second kappa shape index (κ2) is 7.27. The molecule has 21 heavy (non-hydrogen) atoms. The number of aliphatic hydroxyl groups excluding tert-OH is 1. The highest BCUT2D eigenvalue weighted by molar-refractivity contribution is 5.46. The SMILES string of the molecule is CCc1nn(C)c(CC)c1CNc1ccc(CCO)cc1. The first-order valence-electron chi connectivity index (χ1n) is 7.66. The van der Waals surface area contributed by atoms with Gasteiger partial charge in [0, 0.05) is 37.1 Å². The molecular formula is C17H25N3O. The summed E-state index contributed by atoms with van der Waals surface area (Å²) in [6.45, 7) is 5.32. The Morgan fingerprint density at radius 1 is 1.14 bits per heavy atom. The molecule has 0 saturated carbocycles. The fraction of sp³-hybridized carbons (Fsp3) is 0.471. The summed E-state index contributed by atoms with van der Waals surface area (Å²) in [5.41, 5.74) is 6.06. The van der Waals surface area contributed by atoms with Crippen LogP contribution in [0.3, 0.4) is 0 Å². The van der Waals surface area contributed by atoms with Crippen LogP contribution < -0.4 is 5.32 Å². The molecule has 0 bridgehead atoms. The first kappa shape index (κ1) is 15.6. The number of aromatic nitrogens is 2. The number of aryl methyl sites for hydroxylation is 2. The summed E-state index contributed by atoms with van der Waals surface area (Å²) in [6, 6.07) is 8.25. The molecular weight excluding hydrogens is 262 g/mol. The summed E-state index contributed by atoms with van der Waals surface area (Å²) in [4.78, 5) is 0. The lowest BCUT2D eigenvalue weighted by Gasteiger charge is -2.09. The van der Waals surface area contributed by atoms with Gasteiger partial charge in [-0.1, -0.05) is 26.0 Å². The van der Waals surface area contributed by atoms with Gasteiger partial charge in [0.1, 0.15) is 0 Å². The van der Waals surface area contributed by atoms with E-state index < -0.39 is 0 Å². The van der Waals surface area contributed by atoms with Gasteiger partial charge in [0.25, 0.3) is 0 Å². The van der Waals surface area contributed by atoms with Crippen LogP contribution in [0.15, 0.2) is 24.3 Å². The molecule has 0 unspecified atom stereocenters. The average Bonchev–Trinajstić information content (AvgIpc) is 2.82. The molecule has 0 radical (unpaired) electrons. The Kier molecular flexibility index (Phi) is 5.39. The standard InChI is InChI=1S/C17H25N3O/c1-4-16-15(17(5-2)20(3)19-16)12-18-14-8-6-13(7-9-14)10-11-21/h6-9,18,21H,4-5,10-12H2,1-3H3. The molecule has 0 spiro atoms. The zero-order chi connectivity index (χ0) is 15.2. The molecule has 4 heteroatoms. The maximum absolute atomic E-state index is 8.93. The quantitative estimate of drug-likeness (QED) is 0.823. The molecule has 114 valence electrons. The van der Waals surface area contributed by atoms with Crippen molar-refractivity contribution in [1.82, 2.24) is 9.78 Å². The minimum Gasteiger partial charge on any atom is -0.396 e. The van der Waals surface area contributed by atoms with Gasteiger partial charge in [-0.05, 0) is 37.0 Å². The summed E-state index contributed by atoms with van der Waals surface area (Å²) in [5, 5.41) is 17.0. The van der Waals surface area contributed by atoms with Crippen LogP contribution in [0, 0.1) is 0 Å². The number of aliphatic hydroxyl groups is 1. The maximum atomic E-state index is 8.93. The van der Waals surface area contributed by atoms with Crippen LogP contribution >= 0.6 is 0 Å². The number of nitrogens with zero attached hydrogens (tertiary/aromatic N) is 2. The highest BCUT2D eigenvalue weighted by Gasteiger charge is 2.12. The third-order valence-corrected chi connectivity index (χ3v) is 3.85. The monoisotopic (exact) mass is 287 g/mol. The van der Waals surface area contributed by atoms with Gasteiger partial charge < -0.3 is 10.4 Å². The predicted octanol–water partition coefficient (Wildman–Crippen LogP) is 2.69. The molecule has 2 N–H and O–H groups in total. The molecule has 0 aliphatic rings. The molecule has 0 aliphatic heterocycles. The van der Waals surface area contributed by atoms with Gasteiger partial charge in [0.15, 0.2) is 0 Å². The van der Waals surface area contributed by atoms with Gasteiger partial charge in [-0.3, -0.25) is 4.68 Å². The minimum absolute atomic E-state index is 0.197. The van der Waals surface area contributed by atoms with E-state index in [0.717, 1.165) is 30.6 Å². The Morgan fingerprint density at radius 3 is 2.43 bits per heavy atom. The molecule has 2 rings (SSSR count). The number of hydrogen-bond acceptors (Lipinski definition) is 3. The van der Waals surface area contributed by atoms with Crippen LogP contribution in [0.25, 0.3) is 0 Å². The van der Waals surface area contributed by atoms with Crippen molar-refractivity contribution in [2.24, 2.45) is 7.05 Å². The summed E-state index contributed by atoms with van der Waals surface area (Å²) < 4.78 is 2.00. The van der Waals surface area contributed by atoms with E-state index >= 15 is 0 Å². The number of hydrogen-bond donors (Lipinski definition) is 2. The van der Waals surface area contributed by atoms with Gasteiger partial charge in [0.05, 0.1) is 5.69 Å². The van der Waals surface area contributed by atoms with Crippen molar-refractivity contribution in [3.8, 4) is 0 Å². The number of rotatable bonds is 7. The zero-order valence-electron chi connectivity index (χ0n) is 13.2. The van der Waals surface area contributed by atoms with E-state index in [1.54, 1.807) is 0 Å². The highest BCUT2D eigenvalue weighted by atomic mass is 16.2. The van der Waals surface area contributed by atoms with Gasteiger partial charge in [-0.2, -0.15) is 5.10 Å². The second-order valence-electron chi connectivity index (χ2n) is 5.23. The smallest absolute Gasteiger partial charge is 0.0674 e. The average molecular weight is 287 g/mol. The van der Waals surface area contributed by atoms with Gasteiger partial charge in [0.2, 0.25) is 0 Å². The van der Waals surface area contributed by atoms with Crippen molar-refractivity contribution in [3.63, 3.8) is 0 Å². The molecule has 1 heterocycles. The van der Waals surface area contributed by atoms with Crippen molar-refractivity contribution in [2.45, 2.75) is 39.7 Å². The van der Waals surface area contributed by atoms with Crippen molar-refractivity contribution in [2.75, 3.05) is 11.9 Å². The van der Waals surface area contributed by atoms with Gasteiger partial charge >= 0.3 is 0 Å². The molecule has 0 amide bonds. The lowest BCUT2D eigenvalue weighted by Crippen LogP contribution is -2.05. The summed E-state index contributed by atoms with van der Waals surface area (Å²) in [7, 11) is 2.02. The summed E-state index contributed by atoms with van der Waals surface area (Å²) in [5.74, 6) is 0. The third-order valence-electron chi connectivity index (χ3n) is 3.85. The molecule has 1 aromatic carbocycles. The van der Waals surface area contributed by atoms with Crippen molar-refractivity contribution in [1.29, 1.82) is 0 Å². The first-order chi connectivity index (χ1) is 10.2. The van der Waals surface area contributed by atoms with Crippen LogP contribution in [0.1, 0.15) is 36.4 Å². The van der Waals surface area contributed by atoms with Crippen molar-refractivity contribution >= 4 is 5.69 Å². The summed E-state index contributed by atoms with van der Waals surface area (Å²) >= 11 is 0. The Hall–Kier alpha value is -1.81. The lowest BCUT2D eigenvalue weighted by molar-refractivity contribution is 0.299. The lowest BCUT2D eigenvalue weighted by atomic mass is 10.1. The Balaban J connectivity index is 2.08. The highest BCUT2D eigenvalue weighted by Crippen LogP contribution is 2.18. The Labute approximate surface area is 126 Å². The first-order valence-corrected chi connectivity index (χ1v) is 7.66. The molecule has 0 saturated heterocycles. The van der Waals surface area contributed by atoms with E-state index in [1.807, 2.05) is 11.7 Å². The molecule has 0 aliphatic carbocycles. The molecule has 0 atom stereocenters. The topological polar surface area (TPSA) is 50.1 Å². The summed E-state index contributed by atoms with van der Waals surface area (Å²) in [6.07, 6.45) is 2.67. The van der Waals surface area contributed by atoms with Crippen LogP contribution in [-0.4, -0.2) is 21.5 Å². The maximum Gasteiger partial charge on any atom is 0.0674 e. The van der Waals surface area contributed by atoms with Crippen LogP contribution in [0.2, 0.25) is 0 Å². The number of nitrogens with one attached hydrogen (secondary N) is 1. The van der Waals surface area contributed by atoms with Crippen molar-refractivity contribution < 1.29 is 5.11 Å². The fourth-order valence-electron chi connectivity index (χ4n) is 2.70. The van der Waals surface area contributed by atoms with Crippen LogP contribution in [0.5, 0.6) is 0 Å². The van der Waals surface area contributed by atoms with E-state index in [-0.39, 0.29) is 6.61 Å². The largest absolute Gasteiger partial charge is 0.396 e. The molecule has 2 aromatic rings. The van der Waals surface area contributed by atoms with Gasteiger partial charge in [-0.15, -0.1) is 0 Å². The third kappa shape index (κ3) is 3.64. The number of anilines is 1. The van der Waals surface area contributed by atoms with Crippen LogP contribution in [0.4, 0.5) is 5.69 Å². The minimum atomic E-state index is 0.197. The van der Waals surface area contributed by atoms with Crippen molar-refractivity contribution in [3.05, 3.63) is 46.8 Å². The van der Waals surface area contributed by atoms with E-state index in [9.17, 15) is 0 Å². The molecule has 4 nitrogen and oxygen atoms in total. The molecule has 0 fully saturated rings. The van der Waals surface area contributed by atoms with Gasteiger partial charge in [-0.25, -0.2) is 0 Å². The number of benzene rings is 1. The Bertz CT molecular complexity index is 572. The van der Waals surface area contributed by atoms with E-state index in [4.69, 9.17) is 5.11 Å². The van der Waals surface area contributed by atoms with Crippen LogP contribution in [-0.2, 0) is 32.9 Å². The predicted molar refractivity (Wildman–Crippen MR) is 86.5 cm³/mol. The van der Waals surface area contributed by atoms with E-state index in [0.29, 0.717) is 6.42 Å². The van der Waals surface area contributed by atoms with E-state index in [1.165, 1.54) is 17.0 Å². The Morgan fingerprint density at radius 2 is 1.86 bits per heavy atom. The molecule has 1 aromatic heterocycles. The van der Waals surface area contributed by atoms with E-state index in [2.05, 4.69) is 48.5 Å². The fourth-order valence-corrected chi connectivity index (χ4v) is 2.70.